The maximum atomic E-state index is 11.6. The average molecular weight is 343 g/mol. The minimum absolute atomic E-state index is 0. The standard InChI is InChI=1S/C20H22O4.H3N/c1-13(2)8-11-16-17(21)12-15(18(19(16)22)20(23)24)10-9-14-6-4-3-5-7-14;/h3-8,12,21-22H,9-11H2,1-2H3,(H,23,24);1H3. The van der Waals surface area contributed by atoms with E-state index in [1.807, 2.05) is 50.3 Å². The van der Waals surface area contributed by atoms with Gasteiger partial charge in [-0.2, -0.15) is 0 Å². The largest absolute Gasteiger partial charge is 0.508 e. The molecule has 0 fully saturated rings. The number of phenols is 2. The number of aromatic carboxylic acids is 1. The Labute approximate surface area is 147 Å². The topological polar surface area (TPSA) is 113 Å². The summed E-state index contributed by atoms with van der Waals surface area (Å²) in [5.74, 6) is -1.60. The van der Waals surface area contributed by atoms with Gasteiger partial charge in [-0.15, -0.1) is 0 Å². The number of aryl methyl sites for hydroxylation is 2. The molecule has 0 aliphatic heterocycles. The Hall–Kier alpha value is -2.79. The number of benzene rings is 2. The quantitative estimate of drug-likeness (QED) is 0.586. The fraction of sp³-hybridized carbons (Fsp3) is 0.250. The summed E-state index contributed by atoms with van der Waals surface area (Å²) in [7, 11) is 0. The van der Waals surface area contributed by atoms with Crippen molar-refractivity contribution in [3.63, 3.8) is 0 Å². The van der Waals surface area contributed by atoms with Crippen LogP contribution in [0.15, 0.2) is 48.0 Å². The van der Waals surface area contributed by atoms with Crippen LogP contribution in [0.5, 0.6) is 11.5 Å². The second-order valence-electron chi connectivity index (χ2n) is 6.03. The Bertz CT molecular complexity index is 763. The van der Waals surface area contributed by atoms with Crippen molar-refractivity contribution in [2.45, 2.75) is 33.1 Å². The minimum Gasteiger partial charge on any atom is -0.508 e. The first-order chi connectivity index (χ1) is 11.4. The molecule has 6 N–H and O–H groups in total. The molecule has 0 saturated heterocycles. The van der Waals surface area contributed by atoms with E-state index < -0.39 is 5.97 Å². The van der Waals surface area contributed by atoms with Crippen LogP contribution in [0.3, 0.4) is 0 Å². The Kier molecular flexibility index (Phi) is 7.21. The summed E-state index contributed by atoms with van der Waals surface area (Å²) >= 11 is 0. The van der Waals surface area contributed by atoms with Crippen LogP contribution >= 0.6 is 0 Å². The van der Waals surface area contributed by atoms with Crippen LogP contribution in [0.1, 0.15) is 40.9 Å². The molecule has 0 heterocycles. The molecule has 0 unspecified atom stereocenters. The zero-order chi connectivity index (χ0) is 17.7. The highest BCUT2D eigenvalue weighted by molar-refractivity contribution is 5.93. The fourth-order valence-electron chi connectivity index (χ4n) is 2.62. The van der Waals surface area contributed by atoms with Crippen LogP contribution < -0.4 is 6.15 Å². The lowest BCUT2D eigenvalue weighted by molar-refractivity contribution is 0.0692. The molecule has 25 heavy (non-hydrogen) atoms. The van der Waals surface area contributed by atoms with Gasteiger partial charge in [0, 0.05) is 5.56 Å². The van der Waals surface area contributed by atoms with Crippen molar-refractivity contribution < 1.29 is 20.1 Å². The van der Waals surface area contributed by atoms with Crippen LogP contribution in [0, 0.1) is 0 Å². The first-order valence-corrected chi connectivity index (χ1v) is 7.87. The van der Waals surface area contributed by atoms with Crippen molar-refractivity contribution in [2.24, 2.45) is 0 Å². The van der Waals surface area contributed by atoms with Crippen molar-refractivity contribution in [1.82, 2.24) is 6.15 Å². The summed E-state index contributed by atoms with van der Waals surface area (Å²) < 4.78 is 0. The first-order valence-electron chi connectivity index (χ1n) is 7.87. The van der Waals surface area contributed by atoms with Crippen molar-refractivity contribution in [1.29, 1.82) is 0 Å². The number of aromatic hydroxyl groups is 2. The zero-order valence-corrected chi connectivity index (χ0v) is 14.6. The number of hydrogen-bond donors (Lipinski definition) is 4. The molecule has 0 aliphatic carbocycles. The van der Waals surface area contributed by atoms with Gasteiger partial charge in [0.15, 0.2) is 0 Å². The molecule has 0 aliphatic rings. The number of rotatable bonds is 6. The average Bonchev–Trinajstić information content (AvgIpc) is 2.52. The van der Waals surface area contributed by atoms with Gasteiger partial charge >= 0.3 is 5.97 Å². The van der Waals surface area contributed by atoms with Crippen molar-refractivity contribution in [2.75, 3.05) is 0 Å². The number of hydrogen-bond acceptors (Lipinski definition) is 4. The highest BCUT2D eigenvalue weighted by Crippen LogP contribution is 2.35. The van der Waals surface area contributed by atoms with Crippen molar-refractivity contribution in [3.8, 4) is 11.5 Å². The first kappa shape index (κ1) is 20.3. The van der Waals surface area contributed by atoms with E-state index >= 15 is 0 Å². The lowest BCUT2D eigenvalue weighted by Crippen LogP contribution is -2.06. The molecule has 0 aromatic heterocycles. The number of carboxylic acid groups (broad SMARTS) is 1. The predicted molar refractivity (Wildman–Crippen MR) is 98.7 cm³/mol. The zero-order valence-electron chi connectivity index (χ0n) is 14.6. The van der Waals surface area contributed by atoms with E-state index in [9.17, 15) is 20.1 Å². The Morgan fingerprint density at radius 2 is 1.72 bits per heavy atom. The molecule has 5 heteroatoms. The molecule has 0 saturated carbocycles. The lowest BCUT2D eigenvalue weighted by Gasteiger charge is -2.14. The lowest BCUT2D eigenvalue weighted by atomic mass is 9.94. The van der Waals surface area contributed by atoms with Crippen LogP contribution in [0.25, 0.3) is 0 Å². The van der Waals surface area contributed by atoms with E-state index in [2.05, 4.69) is 0 Å². The van der Waals surface area contributed by atoms with Gasteiger partial charge in [-0.25, -0.2) is 4.79 Å². The highest BCUT2D eigenvalue weighted by atomic mass is 16.4. The summed E-state index contributed by atoms with van der Waals surface area (Å²) in [6.45, 7) is 3.81. The molecule has 0 spiro atoms. The number of carboxylic acids is 1. The van der Waals surface area contributed by atoms with Gasteiger partial charge in [-0.3, -0.25) is 0 Å². The second kappa shape index (κ2) is 8.89. The SMILES string of the molecule is CC(C)=CCc1c(O)cc(CCc2ccccc2)c(C(=O)O)c1O.N. The van der Waals surface area contributed by atoms with Crippen LogP contribution in [-0.2, 0) is 19.3 Å². The molecule has 2 aromatic carbocycles. The summed E-state index contributed by atoms with van der Waals surface area (Å²) in [5.41, 5.74) is 2.65. The molecule has 0 amide bonds. The smallest absolute Gasteiger partial charge is 0.339 e. The minimum atomic E-state index is -1.19. The summed E-state index contributed by atoms with van der Waals surface area (Å²) in [5, 5.41) is 30.0. The Balaban J connectivity index is 0.00000312. The predicted octanol–water partition coefficient (Wildman–Crippen LogP) is 4.25. The molecule has 2 aromatic rings. The van der Waals surface area contributed by atoms with Crippen LogP contribution in [0.4, 0.5) is 0 Å². The van der Waals surface area contributed by atoms with E-state index in [4.69, 9.17) is 0 Å². The third kappa shape index (κ3) is 5.09. The fourth-order valence-corrected chi connectivity index (χ4v) is 2.62. The van der Waals surface area contributed by atoms with Crippen molar-refractivity contribution in [3.05, 3.63) is 70.3 Å². The maximum absolute atomic E-state index is 11.6. The monoisotopic (exact) mass is 343 g/mol. The maximum Gasteiger partial charge on any atom is 0.339 e. The van der Waals surface area contributed by atoms with Gasteiger partial charge in [0.25, 0.3) is 0 Å². The van der Waals surface area contributed by atoms with E-state index in [1.165, 1.54) is 6.07 Å². The molecular formula is C20H25NO4. The van der Waals surface area contributed by atoms with Gasteiger partial charge in [0.2, 0.25) is 0 Å². The Morgan fingerprint density at radius 1 is 1.08 bits per heavy atom. The van der Waals surface area contributed by atoms with Gasteiger partial charge in [0.05, 0.1) is 0 Å². The molecule has 0 bridgehead atoms. The number of allylic oxidation sites excluding steroid dienone is 2. The molecule has 2 rings (SSSR count). The third-order valence-electron chi connectivity index (χ3n) is 3.92. The summed E-state index contributed by atoms with van der Waals surface area (Å²) in [6.07, 6.45) is 3.19. The summed E-state index contributed by atoms with van der Waals surface area (Å²) in [4.78, 5) is 11.6. The number of carbonyl (C=O) groups is 1. The van der Waals surface area contributed by atoms with E-state index in [0.29, 0.717) is 24.8 Å². The van der Waals surface area contributed by atoms with Gasteiger partial charge in [0.1, 0.15) is 17.1 Å². The van der Waals surface area contributed by atoms with Crippen molar-refractivity contribution >= 4 is 5.97 Å². The Morgan fingerprint density at radius 3 is 2.28 bits per heavy atom. The highest BCUT2D eigenvalue weighted by Gasteiger charge is 2.21. The summed E-state index contributed by atoms with van der Waals surface area (Å²) in [6, 6.07) is 11.1. The normalized spacial score (nSPS) is 10.0. The molecule has 134 valence electrons. The van der Waals surface area contributed by atoms with E-state index in [-0.39, 0.29) is 28.8 Å². The van der Waals surface area contributed by atoms with Gasteiger partial charge < -0.3 is 21.5 Å². The van der Waals surface area contributed by atoms with Gasteiger partial charge in [-0.05, 0) is 50.3 Å². The third-order valence-corrected chi connectivity index (χ3v) is 3.92. The molecule has 5 nitrogen and oxygen atoms in total. The van der Waals surface area contributed by atoms with E-state index in [0.717, 1.165) is 11.1 Å². The second-order valence-corrected chi connectivity index (χ2v) is 6.03. The molecular weight excluding hydrogens is 318 g/mol. The molecule has 0 radical (unpaired) electrons. The molecule has 0 atom stereocenters. The van der Waals surface area contributed by atoms with Crippen LogP contribution in [-0.4, -0.2) is 21.3 Å². The van der Waals surface area contributed by atoms with Gasteiger partial charge in [-0.1, -0.05) is 42.0 Å². The number of phenolic OH excluding ortho intramolecular Hbond substituents is 1. The van der Waals surface area contributed by atoms with Crippen LogP contribution in [0.2, 0.25) is 0 Å². The van der Waals surface area contributed by atoms with E-state index in [1.54, 1.807) is 0 Å².